The van der Waals surface area contributed by atoms with Gasteiger partial charge in [-0.2, -0.15) is 13.2 Å². The maximum Gasteiger partial charge on any atom is 0.417 e. The number of para-hydroxylation sites is 1. The lowest BCUT2D eigenvalue weighted by Crippen LogP contribution is -2.25. The minimum atomic E-state index is -4.63. The van der Waals surface area contributed by atoms with Gasteiger partial charge in [0.15, 0.2) is 11.5 Å². The number of pyridine rings is 1. The Kier molecular flexibility index (Phi) is 4.70. The number of nitro groups is 1. The van der Waals surface area contributed by atoms with Crippen LogP contribution in [0.5, 0.6) is 0 Å². The summed E-state index contributed by atoms with van der Waals surface area (Å²) >= 11 is 5.81. The topological polar surface area (TPSA) is 102 Å². The lowest BCUT2D eigenvalue weighted by Gasteiger charge is -2.09. The van der Waals surface area contributed by atoms with Gasteiger partial charge in [0.2, 0.25) is 0 Å². The molecule has 0 spiro atoms. The number of hydrogen-bond donors (Lipinski definition) is 1. The Bertz CT molecular complexity index is 1050. The Morgan fingerprint density at radius 1 is 1.30 bits per heavy atom. The smallest absolute Gasteiger partial charge is 0.344 e. The van der Waals surface area contributed by atoms with E-state index in [-0.39, 0.29) is 28.6 Å². The standard InChI is InChI=1S/C15H9ClF3N5O3/c16-10-5-8(15(17,18)19)7-23-12(21-22-13(10)23)6-20-14(25)9-3-1-2-4-11(9)24(26)27/h1-5,7H,6H2,(H,20,25). The lowest BCUT2D eigenvalue weighted by atomic mass is 10.1. The van der Waals surface area contributed by atoms with Gasteiger partial charge in [-0.3, -0.25) is 19.3 Å². The molecule has 1 amide bonds. The van der Waals surface area contributed by atoms with Gasteiger partial charge in [0.05, 0.1) is 22.1 Å². The first-order chi connectivity index (χ1) is 12.7. The van der Waals surface area contributed by atoms with E-state index in [9.17, 15) is 28.1 Å². The largest absolute Gasteiger partial charge is 0.417 e. The maximum atomic E-state index is 12.9. The van der Waals surface area contributed by atoms with Crippen LogP contribution in [0.2, 0.25) is 5.02 Å². The zero-order valence-electron chi connectivity index (χ0n) is 13.2. The zero-order chi connectivity index (χ0) is 19.8. The minimum Gasteiger partial charge on any atom is -0.344 e. The van der Waals surface area contributed by atoms with Gasteiger partial charge in [-0.1, -0.05) is 23.7 Å². The van der Waals surface area contributed by atoms with Crippen LogP contribution in [0.3, 0.4) is 0 Å². The number of alkyl halides is 3. The predicted octanol–water partition coefficient (Wildman–Crippen LogP) is 3.24. The molecule has 2 heterocycles. The monoisotopic (exact) mass is 399 g/mol. The van der Waals surface area contributed by atoms with E-state index in [1.807, 2.05) is 0 Å². The average molecular weight is 400 g/mol. The molecule has 3 aromatic rings. The van der Waals surface area contributed by atoms with Crippen molar-refractivity contribution in [3.63, 3.8) is 0 Å². The Morgan fingerprint density at radius 2 is 2.00 bits per heavy atom. The van der Waals surface area contributed by atoms with Crippen molar-refractivity contribution >= 4 is 28.8 Å². The van der Waals surface area contributed by atoms with Crippen LogP contribution in [-0.4, -0.2) is 25.4 Å². The summed E-state index contributed by atoms with van der Waals surface area (Å²) in [5.41, 5.74) is -1.61. The van der Waals surface area contributed by atoms with Crippen molar-refractivity contribution in [1.82, 2.24) is 19.9 Å². The molecule has 1 N–H and O–H groups in total. The van der Waals surface area contributed by atoms with E-state index < -0.39 is 28.3 Å². The second-order valence-corrected chi connectivity index (χ2v) is 5.75. The fraction of sp³-hybridized carbons (Fsp3) is 0.133. The molecule has 140 valence electrons. The van der Waals surface area contributed by atoms with Crippen LogP contribution in [0.25, 0.3) is 5.65 Å². The first kappa shape index (κ1) is 18.6. The lowest BCUT2D eigenvalue weighted by molar-refractivity contribution is -0.385. The second kappa shape index (κ2) is 6.83. The average Bonchev–Trinajstić information content (AvgIpc) is 3.02. The number of amides is 1. The number of hydrogen-bond acceptors (Lipinski definition) is 5. The van der Waals surface area contributed by atoms with Crippen molar-refractivity contribution in [2.75, 3.05) is 0 Å². The molecule has 8 nitrogen and oxygen atoms in total. The van der Waals surface area contributed by atoms with E-state index in [2.05, 4.69) is 15.5 Å². The number of carbonyl (C=O) groups is 1. The first-order valence-corrected chi connectivity index (χ1v) is 7.68. The van der Waals surface area contributed by atoms with E-state index in [1.54, 1.807) is 0 Å². The zero-order valence-corrected chi connectivity index (χ0v) is 14.0. The molecule has 0 fully saturated rings. The molecule has 0 aliphatic carbocycles. The Morgan fingerprint density at radius 3 is 2.67 bits per heavy atom. The second-order valence-electron chi connectivity index (χ2n) is 5.34. The number of fused-ring (bicyclic) bond motifs is 1. The molecule has 0 saturated heterocycles. The van der Waals surface area contributed by atoms with Crippen molar-refractivity contribution in [3.05, 3.63) is 68.6 Å². The van der Waals surface area contributed by atoms with Crippen LogP contribution in [0, 0.1) is 10.1 Å². The van der Waals surface area contributed by atoms with Crippen molar-refractivity contribution in [2.45, 2.75) is 12.7 Å². The highest BCUT2D eigenvalue weighted by Gasteiger charge is 2.32. The number of halogens is 4. The molecule has 0 bridgehead atoms. The number of carbonyl (C=O) groups excluding carboxylic acids is 1. The molecule has 0 aliphatic rings. The van der Waals surface area contributed by atoms with Gasteiger partial charge in [0.1, 0.15) is 5.56 Å². The van der Waals surface area contributed by atoms with Crippen molar-refractivity contribution in [1.29, 1.82) is 0 Å². The van der Waals surface area contributed by atoms with Crippen molar-refractivity contribution in [3.8, 4) is 0 Å². The van der Waals surface area contributed by atoms with Crippen LogP contribution in [-0.2, 0) is 12.7 Å². The highest BCUT2D eigenvalue weighted by molar-refractivity contribution is 6.33. The third kappa shape index (κ3) is 3.67. The number of benzene rings is 1. The predicted molar refractivity (Wildman–Crippen MR) is 87.3 cm³/mol. The van der Waals surface area contributed by atoms with Crippen LogP contribution in [0.15, 0.2) is 36.5 Å². The normalized spacial score (nSPS) is 11.6. The molecular weight excluding hydrogens is 391 g/mol. The molecule has 1 aromatic carbocycles. The van der Waals surface area contributed by atoms with Gasteiger partial charge >= 0.3 is 6.18 Å². The van der Waals surface area contributed by atoms with Crippen molar-refractivity contribution in [2.24, 2.45) is 0 Å². The molecule has 0 unspecified atom stereocenters. The quantitative estimate of drug-likeness (QED) is 0.536. The van der Waals surface area contributed by atoms with Gasteiger partial charge in [-0.25, -0.2) is 0 Å². The van der Waals surface area contributed by atoms with E-state index in [4.69, 9.17) is 11.6 Å². The summed E-state index contributed by atoms with van der Waals surface area (Å²) in [6, 6.07) is 6.00. The van der Waals surface area contributed by atoms with E-state index in [0.717, 1.165) is 22.7 Å². The fourth-order valence-corrected chi connectivity index (χ4v) is 2.60. The van der Waals surface area contributed by atoms with Gasteiger partial charge in [0.25, 0.3) is 11.6 Å². The summed E-state index contributed by atoms with van der Waals surface area (Å²) in [6.45, 7) is -0.316. The minimum absolute atomic E-state index is 0.0143. The third-order valence-electron chi connectivity index (χ3n) is 3.61. The number of aromatic nitrogens is 3. The molecule has 2 aromatic heterocycles. The SMILES string of the molecule is O=C(NCc1nnc2c(Cl)cc(C(F)(F)F)cn12)c1ccccc1[N+](=O)[O-]. The van der Waals surface area contributed by atoms with Crippen LogP contribution >= 0.6 is 11.6 Å². The fourth-order valence-electron chi connectivity index (χ4n) is 2.35. The molecular formula is C15H9ClF3N5O3. The summed E-state index contributed by atoms with van der Waals surface area (Å²) < 4.78 is 39.8. The summed E-state index contributed by atoms with van der Waals surface area (Å²) in [5, 5.41) is 20.5. The summed E-state index contributed by atoms with van der Waals surface area (Å²) in [5.74, 6) is -0.804. The number of nitrogens with one attached hydrogen (secondary N) is 1. The molecule has 12 heteroatoms. The first-order valence-electron chi connectivity index (χ1n) is 7.30. The molecule has 0 aliphatic heterocycles. The molecule has 0 radical (unpaired) electrons. The Labute approximate surface area is 153 Å². The van der Waals surface area contributed by atoms with Gasteiger partial charge < -0.3 is 5.32 Å². The van der Waals surface area contributed by atoms with E-state index >= 15 is 0 Å². The Balaban J connectivity index is 1.89. The van der Waals surface area contributed by atoms with Gasteiger partial charge in [0, 0.05) is 12.3 Å². The highest BCUT2D eigenvalue weighted by Crippen LogP contribution is 2.32. The van der Waals surface area contributed by atoms with E-state index in [0.29, 0.717) is 0 Å². The summed E-state index contributed by atoms with van der Waals surface area (Å²) in [4.78, 5) is 22.5. The van der Waals surface area contributed by atoms with Gasteiger partial charge in [-0.15, -0.1) is 10.2 Å². The Hall–Kier alpha value is -3.21. The molecule has 27 heavy (non-hydrogen) atoms. The third-order valence-corrected chi connectivity index (χ3v) is 3.89. The molecule has 0 atom stereocenters. The number of rotatable bonds is 4. The summed E-state index contributed by atoms with van der Waals surface area (Å²) in [6.07, 6.45) is -3.87. The van der Waals surface area contributed by atoms with Gasteiger partial charge in [-0.05, 0) is 12.1 Å². The van der Waals surface area contributed by atoms with Crippen LogP contribution < -0.4 is 5.32 Å². The van der Waals surface area contributed by atoms with Crippen molar-refractivity contribution < 1.29 is 22.9 Å². The van der Waals surface area contributed by atoms with Crippen LogP contribution in [0.1, 0.15) is 21.7 Å². The number of nitro benzene ring substituents is 1. The molecule has 3 rings (SSSR count). The number of nitrogens with zero attached hydrogens (tertiary/aromatic N) is 4. The summed E-state index contributed by atoms with van der Waals surface area (Å²) in [7, 11) is 0. The van der Waals surface area contributed by atoms with Crippen LogP contribution in [0.4, 0.5) is 18.9 Å². The molecule has 0 saturated carbocycles. The van der Waals surface area contributed by atoms with E-state index in [1.165, 1.54) is 18.2 Å². The maximum absolute atomic E-state index is 12.9. The highest BCUT2D eigenvalue weighted by atomic mass is 35.5.